The van der Waals surface area contributed by atoms with Crippen LogP contribution in [0.4, 0.5) is 0 Å². The average Bonchev–Trinajstić information content (AvgIpc) is 2.47. The van der Waals surface area contributed by atoms with Crippen molar-refractivity contribution in [2.24, 2.45) is 0 Å². The summed E-state index contributed by atoms with van der Waals surface area (Å²) in [5, 5.41) is 8.76. The molecule has 0 aliphatic heterocycles. The van der Waals surface area contributed by atoms with E-state index in [-0.39, 0.29) is 10.8 Å². The molecule has 0 aliphatic carbocycles. The van der Waals surface area contributed by atoms with Crippen LogP contribution < -0.4 is 4.74 Å². The highest BCUT2D eigenvalue weighted by atomic mass is 32.2. The number of rotatable bonds is 4. The van der Waals surface area contributed by atoms with Gasteiger partial charge in [-0.15, -0.1) is 0 Å². The first kappa shape index (κ1) is 14.1. The van der Waals surface area contributed by atoms with Gasteiger partial charge in [0.1, 0.15) is 5.75 Å². The van der Waals surface area contributed by atoms with Crippen molar-refractivity contribution in [1.29, 1.82) is 0 Å². The summed E-state index contributed by atoms with van der Waals surface area (Å²) < 4.78 is 5.05. The van der Waals surface area contributed by atoms with Crippen LogP contribution >= 0.6 is 11.8 Å². The molecule has 1 heterocycles. The maximum absolute atomic E-state index is 12.1. The first-order valence-electron chi connectivity index (χ1n) is 5.66. The van der Waals surface area contributed by atoms with E-state index in [4.69, 9.17) is 9.84 Å². The van der Waals surface area contributed by atoms with Gasteiger partial charge in [-0.05, 0) is 36.0 Å². The Balaban J connectivity index is 2.25. The number of carboxylic acid groups (broad SMARTS) is 1. The molecular formula is C14H11NO4S. The van der Waals surface area contributed by atoms with Crippen LogP contribution in [0, 0.1) is 0 Å². The van der Waals surface area contributed by atoms with Crippen LogP contribution in [-0.2, 0) is 0 Å². The maximum Gasteiger partial charge on any atom is 0.355 e. The van der Waals surface area contributed by atoms with E-state index in [0.29, 0.717) is 16.2 Å². The smallest absolute Gasteiger partial charge is 0.355 e. The van der Waals surface area contributed by atoms with Gasteiger partial charge in [0.05, 0.1) is 7.11 Å². The molecule has 2 rings (SSSR count). The summed E-state index contributed by atoms with van der Waals surface area (Å²) in [6, 6.07) is 9.83. The summed E-state index contributed by atoms with van der Waals surface area (Å²) in [4.78, 5) is 27.3. The third-order valence-corrected chi connectivity index (χ3v) is 3.45. The van der Waals surface area contributed by atoms with E-state index < -0.39 is 5.97 Å². The van der Waals surface area contributed by atoms with E-state index in [1.807, 2.05) is 0 Å². The summed E-state index contributed by atoms with van der Waals surface area (Å²) in [5.74, 6) is -0.590. The first-order valence-corrected chi connectivity index (χ1v) is 6.48. The van der Waals surface area contributed by atoms with Crippen molar-refractivity contribution < 1.29 is 19.4 Å². The number of carbonyl (C=O) groups excluding carboxylic acids is 1. The minimum atomic E-state index is -1.16. The normalized spacial score (nSPS) is 10.1. The van der Waals surface area contributed by atoms with E-state index in [2.05, 4.69) is 4.98 Å². The maximum atomic E-state index is 12.1. The van der Waals surface area contributed by atoms with E-state index in [0.717, 1.165) is 11.8 Å². The Morgan fingerprint density at radius 3 is 2.75 bits per heavy atom. The minimum absolute atomic E-state index is 0.131. The molecule has 6 heteroatoms. The second kappa shape index (κ2) is 6.21. The molecule has 102 valence electrons. The van der Waals surface area contributed by atoms with Crippen molar-refractivity contribution in [3.8, 4) is 5.75 Å². The third kappa shape index (κ3) is 3.16. The number of hydrogen-bond donors (Lipinski definition) is 1. The van der Waals surface area contributed by atoms with Crippen LogP contribution in [-0.4, -0.2) is 28.3 Å². The quantitative estimate of drug-likeness (QED) is 0.872. The molecule has 0 aliphatic rings. The average molecular weight is 289 g/mol. The number of aromatic nitrogens is 1. The third-order valence-electron chi connectivity index (χ3n) is 2.48. The number of nitrogens with zero attached hydrogens (tertiary/aromatic N) is 1. The number of carbonyl (C=O) groups is 2. The zero-order valence-corrected chi connectivity index (χ0v) is 11.4. The fraction of sp³-hybridized carbons (Fsp3) is 0.0714. The summed E-state index contributed by atoms with van der Waals surface area (Å²) in [6.07, 6.45) is 1.38. The molecule has 0 fully saturated rings. The second-order valence-electron chi connectivity index (χ2n) is 3.78. The molecule has 1 N–H and O–H groups in total. The van der Waals surface area contributed by atoms with E-state index >= 15 is 0 Å². The van der Waals surface area contributed by atoms with Crippen LogP contribution in [0.2, 0.25) is 0 Å². The van der Waals surface area contributed by atoms with Gasteiger partial charge in [-0.25, -0.2) is 9.78 Å². The van der Waals surface area contributed by atoms with Gasteiger partial charge in [-0.2, -0.15) is 0 Å². The number of benzene rings is 1. The van der Waals surface area contributed by atoms with Crippen LogP contribution in [0.15, 0.2) is 47.5 Å². The second-order valence-corrected chi connectivity index (χ2v) is 4.79. The summed E-state index contributed by atoms with van der Waals surface area (Å²) in [6.45, 7) is 0. The van der Waals surface area contributed by atoms with E-state index in [1.54, 1.807) is 36.4 Å². The lowest BCUT2D eigenvalue weighted by molar-refractivity contribution is 0.0686. The highest BCUT2D eigenvalue weighted by molar-refractivity contribution is 8.14. The minimum Gasteiger partial charge on any atom is -0.497 e. The molecule has 5 nitrogen and oxygen atoms in total. The Hall–Kier alpha value is -2.34. The lowest BCUT2D eigenvalue weighted by Crippen LogP contribution is -2.03. The zero-order valence-electron chi connectivity index (χ0n) is 10.6. The Bertz CT molecular complexity index is 657. The van der Waals surface area contributed by atoms with Crippen molar-refractivity contribution in [3.63, 3.8) is 0 Å². The number of methoxy groups -OCH3 is 1. The summed E-state index contributed by atoms with van der Waals surface area (Å²) >= 11 is 0.833. The lowest BCUT2D eigenvalue weighted by atomic mass is 10.2. The van der Waals surface area contributed by atoms with Crippen LogP contribution in [0.25, 0.3) is 0 Å². The van der Waals surface area contributed by atoms with Crippen molar-refractivity contribution in [2.75, 3.05) is 7.11 Å². The Morgan fingerprint density at radius 2 is 2.05 bits per heavy atom. The van der Waals surface area contributed by atoms with Crippen LogP contribution in [0.1, 0.15) is 20.8 Å². The first-order chi connectivity index (χ1) is 9.61. The van der Waals surface area contributed by atoms with Crippen molar-refractivity contribution >= 4 is 22.8 Å². The van der Waals surface area contributed by atoms with Gasteiger partial charge < -0.3 is 9.84 Å². The Labute approximate surface area is 119 Å². The highest BCUT2D eigenvalue weighted by Gasteiger charge is 2.16. The topological polar surface area (TPSA) is 76.5 Å². The van der Waals surface area contributed by atoms with Gasteiger partial charge in [-0.3, -0.25) is 4.79 Å². The SMILES string of the molecule is COc1cccc(C(=O)Sc2cccnc2C(=O)O)c1. The number of carboxylic acids is 1. The predicted octanol–water partition coefficient (Wildman–Crippen LogP) is 2.72. The molecule has 0 amide bonds. The van der Waals surface area contributed by atoms with E-state index in [1.165, 1.54) is 13.3 Å². The van der Waals surface area contributed by atoms with Crippen LogP contribution in [0.3, 0.4) is 0 Å². The molecule has 20 heavy (non-hydrogen) atoms. The van der Waals surface area contributed by atoms with Gasteiger partial charge in [0.25, 0.3) is 0 Å². The fourth-order valence-corrected chi connectivity index (χ4v) is 2.37. The number of pyridine rings is 1. The number of hydrogen-bond acceptors (Lipinski definition) is 5. The molecule has 1 aromatic carbocycles. The van der Waals surface area contributed by atoms with Gasteiger partial charge in [0.2, 0.25) is 5.12 Å². The Kier molecular flexibility index (Phi) is 4.37. The zero-order chi connectivity index (χ0) is 14.5. The molecule has 2 aromatic rings. The molecule has 0 bridgehead atoms. The van der Waals surface area contributed by atoms with Gasteiger partial charge >= 0.3 is 5.97 Å². The Morgan fingerprint density at radius 1 is 1.25 bits per heavy atom. The number of ether oxygens (including phenoxy) is 1. The molecule has 0 spiro atoms. The number of thioether (sulfide) groups is 1. The van der Waals surface area contributed by atoms with Crippen molar-refractivity contribution in [2.45, 2.75) is 4.90 Å². The van der Waals surface area contributed by atoms with Crippen LogP contribution in [0.5, 0.6) is 5.75 Å². The van der Waals surface area contributed by atoms with E-state index in [9.17, 15) is 9.59 Å². The lowest BCUT2D eigenvalue weighted by Gasteiger charge is -2.05. The monoisotopic (exact) mass is 289 g/mol. The molecular weight excluding hydrogens is 278 g/mol. The standard InChI is InChI=1S/C14H11NO4S/c1-19-10-5-2-4-9(8-10)14(18)20-11-6-3-7-15-12(11)13(16)17/h2-8H,1H3,(H,16,17). The number of aromatic carboxylic acids is 1. The summed E-state index contributed by atoms with van der Waals surface area (Å²) in [7, 11) is 1.51. The predicted molar refractivity (Wildman–Crippen MR) is 74.4 cm³/mol. The van der Waals surface area contributed by atoms with Gasteiger partial charge in [0, 0.05) is 16.7 Å². The fourth-order valence-electron chi connectivity index (χ4n) is 1.54. The molecule has 0 atom stereocenters. The van der Waals surface area contributed by atoms with Gasteiger partial charge in [-0.1, -0.05) is 12.1 Å². The van der Waals surface area contributed by atoms with Crippen molar-refractivity contribution in [1.82, 2.24) is 4.98 Å². The molecule has 1 aromatic heterocycles. The molecule has 0 saturated heterocycles. The molecule has 0 unspecified atom stereocenters. The molecule has 0 radical (unpaired) electrons. The van der Waals surface area contributed by atoms with Crippen molar-refractivity contribution in [3.05, 3.63) is 53.9 Å². The highest BCUT2D eigenvalue weighted by Crippen LogP contribution is 2.26. The summed E-state index contributed by atoms with van der Waals surface area (Å²) in [5.41, 5.74) is 0.309. The molecule has 0 saturated carbocycles. The largest absolute Gasteiger partial charge is 0.497 e. The van der Waals surface area contributed by atoms with Gasteiger partial charge in [0.15, 0.2) is 5.69 Å².